The summed E-state index contributed by atoms with van der Waals surface area (Å²) in [4.78, 5) is 2.40. The molecule has 0 saturated carbocycles. The van der Waals surface area contributed by atoms with E-state index in [9.17, 15) is 0 Å². The maximum Gasteiger partial charge on any atom is 0.164 e. The van der Waals surface area contributed by atoms with Crippen LogP contribution in [0, 0.1) is 0 Å². The fourth-order valence-corrected chi connectivity index (χ4v) is 3.24. The van der Waals surface area contributed by atoms with Crippen molar-refractivity contribution in [3.8, 4) is 0 Å². The second-order valence-corrected chi connectivity index (χ2v) is 10.3. The van der Waals surface area contributed by atoms with E-state index in [4.69, 9.17) is 0 Å². The molecule has 0 amide bonds. The number of allylic oxidation sites excluding steroid dienone is 3. The van der Waals surface area contributed by atoms with Crippen LogP contribution in [0.25, 0.3) is 0 Å². The average molecular weight is 322 g/mol. The van der Waals surface area contributed by atoms with Crippen LogP contribution in [0.3, 0.4) is 0 Å². The van der Waals surface area contributed by atoms with Crippen molar-refractivity contribution < 1.29 is 4.58 Å². The Labute approximate surface area is 146 Å². The molecule has 0 aliphatic heterocycles. The molecule has 0 aliphatic carbocycles. The quantitative estimate of drug-likeness (QED) is 0.370. The monoisotopic (exact) mass is 321 g/mol. The Balaban J connectivity index is 5.29. The van der Waals surface area contributed by atoms with Crippen LogP contribution in [-0.2, 0) is 0 Å². The zero-order valence-electron chi connectivity index (χ0n) is 17.8. The molecule has 0 radical (unpaired) electrons. The third-order valence-electron chi connectivity index (χ3n) is 3.58. The molecule has 0 saturated heterocycles. The highest BCUT2D eigenvalue weighted by Gasteiger charge is 2.34. The molecule has 2 heteroatoms. The highest BCUT2D eigenvalue weighted by molar-refractivity contribution is 5.67. The summed E-state index contributed by atoms with van der Waals surface area (Å²) >= 11 is 0. The van der Waals surface area contributed by atoms with Crippen molar-refractivity contribution in [1.29, 1.82) is 0 Å². The van der Waals surface area contributed by atoms with Crippen LogP contribution in [0.15, 0.2) is 24.4 Å². The van der Waals surface area contributed by atoms with Crippen LogP contribution in [0.2, 0.25) is 0 Å². The second kappa shape index (κ2) is 7.23. The minimum atomic E-state index is 0.106. The Morgan fingerprint density at radius 2 is 0.957 bits per heavy atom. The molecule has 23 heavy (non-hydrogen) atoms. The van der Waals surface area contributed by atoms with Crippen molar-refractivity contribution in [1.82, 2.24) is 4.90 Å². The van der Waals surface area contributed by atoms with Gasteiger partial charge < -0.3 is 4.90 Å². The molecule has 0 aromatic heterocycles. The lowest BCUT2D eigenvalue weighted by molar-refractivity contribution is -0.652. The predicted molar refractivity (Wildman–Crippen MR) is 105 cm³/mol. The van der Waals surface area contributed by atoms with E-state index in [1.165, 1.54) is 0 Å². The Hall–Kier alpha value is -1.05. The molecule has 0 aromatic carbocycles. The summed E-state index contributed by atoms with van der Waals surface area (Å²) in [5, 5.41) is 0. The molecule has 0 rings (SSSR count). The van der Waals surface area contributed by atoms with Crippen LogP contribution in [0.1, 0.15) is 83.1 Å². The summed E-state index contributed by atoms with van der Waals surface area (Å²) in [6, 6.07) is 0. The first kappa shape index (κ1) is 21.9. The molecule has 0 aromatic rings. The van der Waals surface area contributed by atoms with E-state index in [1.54, 1.807) is 0 Å². The van der Waals surface area contributed by atoms with Crippen LogP contribution in [-0.4, -0.2) is 37.8 Å². The smallest absolute Gasteiger partial charge is 0.164 e. The highest BCUT2D eigenvalue weighted by Crippen LogP contribution is 2.25. The summed E-state index contributed by atoms with van der Waals surface area (Å²) < 4.78 is 2.40. The maximum atomic E-state index is 2.40. The summed E-state index contributed by atoms with van der Waals surface area (Å²) in [6.07, 6.45) is 10.8. The van der Waals surface area contributed by atoms with Crippen molar-refractivity contribution in [2.24, 2.45) is 0 Å². The predicted octanol–water partition coefficient (Wildman–Crippen LogP) is 5.64. The first-order valence-corrected chi connectivity index (χ1v) is 8.74. The minimum absolute atomic E-state index is 0.106. The van der Waals surface area contributed by atoms with E-state index in [0.29, 0.717) is 0 Å². The fourth-order valence-electron chi connectivity index (χ4n) is 3.24. The third kappa shape index (κ3) is 7.85. The van der Waals surface area contributed by atoms with E-state index in [1.807, 2.05) is 0 Å². The Bertz CT molecular complexity index is 422. The van der Waals surface area contributed by atoms with Crippen LogP contribution in [0.4, 0.5) is 0 Å². The van der Waals surface area contributed by atoms with Crippen molar-refractivity contribution in [2.75, 3.05) is 0 Å². The molecule has 134 valence electrons. The molecule has 2 nitrogen and oxygen atoms in total. The lowest BCUT2D eigenvalue weighted by Gasteiger charge is -2.45. The van der Waals surface area contributed by atoms with Gasteiger partial charge in [-0.1, -0.05) is 6.08 Å². The van der Waals surface area contributed by atoms with E-state index < -0.39 is 0 Å². The number of nitrogens with zero attached hydrogens (tertiary/aromatic N) is 2. The van der Waals surface area contributed by atoms with Crippen LogP contribution >= 0.6 is 0 Å². The van der Waals surface area contributed by atoms with Gasteiger partial charge in [0.1, 0.15) is 0 Å². The number of hydrogen-bond acceptors (Lipinski definition) is 1. The molecular formula is C21H41N2+. The second-order valence-electron chi connectivity index (χ2n) is 10.3. The summed E-state index contributed by atoms with van der Waals surface area (Å²) in [7, 11) is 0. The van der Waals surface area contributed by atoms with Gasteiger partial charge in [-0.3, -0.25) is 0 Å². The van der Waals surface area contributed by atoms with Gasteiger partial charge >= 0.3 is 0 Å². The lowest BCUT2D eigenvalue weighted by Crippen LogP contribution is -2.48. The number of rotatable bonds is 3. The maximum absolute atomic E-state index is 2.40. The SMILES string of the molecule is CC(C)(C)N(/C=C/C=C/C=[N+](C(C)(C)C)C(C)(C)C)C(C)(C)C. The first-order valence-electron chi connectivity index (χ1n) is 8.74. The van der Waals surface area contributed by atoms with E-state index in [2.05, 4.69) is 123 Å². The Morgan fingerprint density at radius 1 is 0.565 bits per heavy atom. The van der Waals surface area contributed by atoms with Crippen molar-refractivity contribution in [3.63, 3.8) is 0 Å². The van der Waals surface area contributed by atoms with Gasteiger partial charge in [0.2, 0.25) is 0 Å². The molecular weight excluding hydrogens is 280 g/mol. The summed E-state index contributed by atoms with van der Waals surface area (Å²) in [6.45, 7) is 27.0. The van der Waals surface area contributed by atoms with Crippen LogP contribution < -0.4 is 0 Å². The molecule has 0 fully saturated rings. The van der Waals surface area contributed by atoms with Crippen molar-refractivity contribution in [2.45, 2.75) is 105 Å². The van der Waals surface area contributed by atoms with Gasteiger partial charge in [0.15, 0.2) is 17.3 Å². The van der Waals surface area contributed by atoms with E-state index in [-0.39, 0.29) is 22.2 Å². The summed E-state index contributed by atoms with van der Waals surface area (Å²) in [5.74, 6) is 0. The fraction of sp³-hybridized carbons (Fsp3) is 0.762. The minimum Gasteiger partial charge on any atom is -0.368 e. The van der Waals surface area contributed by atoms with Crippen LogP contribution in [0.5, 0.6) is 0 Å². The molecule has 0 bridgehead atoms. The lowest BCUT2D eigenvalue weighted by atomic mass is 9.97. The standard InChI is InChI=1S/C21H41N2/c1-18(2,3)22(19(4,5)6)16-14-13-15-17-23(20(7,8)9)21(10,11)12/h13-17H,1-12H3/q+1. The van der Waals surface area contributed by atoms with Gasteiger partial charge in [0.25, 0.3) is 0 Å². The van der Waals surface area contributed by atoms with Gasteiger partial charge in [-0.2, -0.15) is 0 Å². The van der Waals surface area contributed by atoms with Gasteiger partial charge in [0, 0.05) is 23.4 Å². The van der Waals surface area contributed by atoms with Gasteiger partial charge in [0.05, 0.1) is 0 Å². The van der Waals surface area contributed by atoms with E-state index >= 15 is 0 Å². The third-order valence-corrected chi connectivity index (χ3v) is 3.58. The summed E-state index contributed by atoms with van der Waals surface area (Å²) in [5.41, 5.74) is 0.425. The number of hydrogen-bond donors (Lipinski definition) is 0. The topological polar surface area (TPSA) is 6.25 Å². The Morgan fingerprint density at radius 3 is 1.26 bits per heavy atom. The average Bonchev–Trinajstić information content (AvgIpc) is 2.19. The van der Waals surface area contributed by atoms with E-state index in [0.717, 1.165) is 0 Å². The molecule has 0 aliphatic rings. The zero-order chi connectivity index (χ0) is 18.7. The first-order chi connectivity index (χ1) is 9.97. The largest absolute Gasteiger partial charge is 0.368 e. The van der Waals surface area contributed by atoms with Gasteiger partial charge in [-0.05, 0) is 89.2 Å². The van der Waals surface area contributed by atoms with Crippen molar-refractivity contribution in [3.05, 3.63) is 24.4 Å². The molecule has 0 spiro atoms. The molecule has 0 atom stereocenters. The molecule has 0 unspecified atom stereocenters. The van der Waals surface area contributed by atoms with Gasteiger partial charge in [-0.15, -0.1) is 0 Å². The molecule has 0 N–H and O–H groups in total. The van der Waals surface area contributed by atoms with Crippen molar-refractivity contribution >= 4 is 6.21 Å². The van der Waals surface area contributed by atoms with Gasteiger partial charge in [-0.25, -0.2) is 4.58 Å². The zero-order valence-corrected chi connectivity index (χ0v) is 17.8. The highest BCUT2D eigenvalue weighted by atomic mass is 15.2. The molecule has 0 heterocycles. The normalized spacial score (nSPS) is 14.6. The Kier molecular flexibility index (Phi) is 6.90.